The predicted octanol–water partition coefficient (Wildman–Crippen LogP) is 4.71. The van der Waals surface area contributed by atoms with Crippen LogP contribution in [0.5, 0.6) is 0 Å². The number of rotatable bonds is 1. The SMILES string of the molecule is CC1CN(C(=O)c2ccc(Br)c(C(F)(F)F)c2)CCC1Br. The fraction of sp³-hybridized carbons (Fsp3) is 0.500. The molecule has 0 radical (unpaired) electrons. The third-order valence-electron chi connectivity index (χ3n) is 3.61. The number of carbonyl (C=O) groups excluding carboxylic acids is 1. The molecule has 2 unspecified atom stereocenters. The standard InChI is InChI=1S/C14H14Br2F3NO/c1-8-7-20(5-4-11(8)15)13(21)9-2-3-12(16)10(6-9)14(17,18)19/h2-3,6,8,11H,4-5,7H2,1H3. The van der Waals surface area contributed by atoms with Gasteiger partial charge in [-0.25, -0.2) is 0 Å². The Balaban J connectivity index is 2.24. The van der Waals surface area contributed by atoms with Crippen LogP contribution in [0.2, 0.25) is 0 Å². The fourth-order valence-corrected chi connectivity index (χ4v) is 3.20. The summed E-state index contributed by atoms with van der Waals surface area (Å²) in [5.41, 5.74) is -0.748. The predicted molar refractivity (Wildman–Crippen MR) is 81.5 cm³/mol. The maximum Gasteiger partial charge on any atom is 0.417 e. The van der Waals surface area contributed by atoms with E-state index in [0.717, 1.165) is 12.5 Å². The van der Waals surface area contributed by atoms with Crippen LogP contribution in [0.3, 0.4) is 0 Å². The summed E-state index contributed by atoms with van der Waals surface area (Å²) in [6, 6.07) is 3.61. The summed E-state index contributed by atoms with van der Waals surface area (Å²) >= 11 is 6.42. The number of amides is 1. The van der Waals surface area contributed by atoms with Crippen molar-refractivity contribution in [2.75, 3.05) is 13.1 Å². The number of likely N-dealkylation sites (tertiary alicyclic amines) is 1. The molecule has 0 aliphatic carbocycles. The largest absolute Gasteiger partial charge is 0.417 e. The lowest BCUT2D eigenvalue weighted by molar-refractivity contribution is -0.138. The summed E-state index contributed by atoms with van der Waals surface area (Å²) in [4.78, 5) is 14.3. The molecule has 0 aromatic heterocycles. The van der Waals surface area contributed by atoms with Gasteiger partial charge in [0.25, 0.3) is 5.91 Å². The molecular formula is C14H14Br2F3NO. The molecule has 1 aromatic carbocycles. The van der Waals surface area contributed by atoms with E-state index in [-0.39, 0.29) is 21.9 Å². The second kappa shape index (κ2) is 6.28. The normalized spacial score (nSPS) is 23.2. The Kier molecular flexibility index (Phi) is 5.03. The molecule has 2 rings (SSSR count). The van der Waals surface area contributed by atoms with Crippen molar-refractivity contribution < 1.29 is 18.0 Å². The number of benzene rings is 1. The number of nitrogens with zero attached hydrogens (tertiary/aromatic N) is 1. The van der Waals surface area contributed by atoms with E-state index < -0.39 is 11.7 Å². The number of piperidine rings is 1. The quantitative estimate of drug-likeness (QED) is 0.593. The minimum absolute atomic E-state index is 0.0564. The van der Waals surface area contributed by atoms with E-state index in [1.54, 1.807) is 4.90 Å². The molecule has 0 spiro atoms. The van der Waals surface area contributed by atoms with Gasteiger partial charge in [0, 0.05) is 28.0 Å². The Bertz CT molecular complexity index is 548. The van der Waals surface area contributed by atoms with Gasteiger partial charge in [-0.2, -0.15) is 13.2 Å². The molecule has 1 aromatic rings. The minimum atomic E-state index is -4.48. The molecule has 2 nitrogen and oxygen atoms in total. The zero-order valence-corrected chi connectivity index (χ0v) is 14.4. The van der Waals surface area contributed by atoms with Crippen molar-refractivity contribution in [2.24, 2.45) is 5.92 Å². The highest BCUT2D eigenvalue weighted by Gasteiger charge is 2.34. The summed E-state index contributed by atoms with van der Waals surface area (Å²) in [6.07, 6.45) is -3.68. The Labute approximate surface area is 137 Å². The van der Waals surface area contributed by atoms with Gasteiger partial charge in [-0.3, -0.25) is 4.79 Å². The molecule has 7 heteroatoms. The third kappa shape index (κ3) is 3.80. The Morgan fingerprint density at radius 2 is 2.05 bits per heavy atom. The summed E-state index contributed by atoms with van der Waals surface area (Å²) in [5.74, 6) is -0.0699. The zero-order chi connectivity index (χ0) is 15.8. The monoisotopic (exact) mass is 427 g/mol. The first-order chi connectivity index (χ1) is 9.70. The molecule has 1 aliphatic rings. The van der Waals surface area contributed by atoms with Gasteiger partial charge in [-0.15, -0.1) is 0 Å². The highest BCUT2D eigenvalue weighted by atomic mass is 79.9. The minimum Gasteiger partial charge on any atom is -0.338 e. The van der Waals surface area contributed by atoms with E-state index in [4.69, 9.17) is 0 Å². The highest BCUT2D eigenvalue weighted by Crippen LogP contribution is 2.35. The zero-order valence-electron chi connectivity index (χ0n) is 11.3. The Morgan fingerprint density at radius 3 is 2.62 bits per heavy atom. The van der Waals surface area contributed by atoms with Crippen LogP contribution in [0, 0.1) is 5.92 Å². The molecule has 21 heavy (non-hydrogen) atoms. The molecule has 0 bridgehead atoms. The van der Waals surface area contributed by atoms with E-state index in [1.807, 2.05) is 6.92 Å². The average Bonchev–Trinajstić information content (AvgIpc) is 2.40. The van der Waals surface area contributed by atoms with Crippen molar-refractivity contribution in [2.45, 2.75) is 24.3 Å². The molecule has 1 amide bonds. The Hall–Kier alpha value is -0.560. The van der Waals surface area contributed by atoms with Gasteiger partial charge in [-0.05, 0) is 30.5 Å². The number of halogens is 5. The van der Waals surface area contributed by atoms with Crippen LogP contribution < -0.4 is 0 Å². The lowest BCUT2D eigenvalue weighted by Gasteiger charge is -2.34. The first-order valence-electron chi connectivity index (χ1n) is 6.50. The topological polar surface area (TPSA) is 20.3 Å². The first-order valence-corrected chi connectivity index (χ1v) is 8.21. The first kappa shape index (κ1) is 16.8. The van der Waals surface area contributed by atoms with Crippen LogP contribution in [0.25, 0.3) is 0 Å². The second-order valence-corrected chi connectivity index (χ2v) is 7.26. The van der Waals surface area contributed by atoms with Gasteiger partial charge in [0.2, 0.25) is 0 Å². The van der Waals surface area contributed by atoms with Gasteiger partial charge in [0.1, 0.15) is 0 Å². The van der Waals surface area contributed by atoms with Crippen molar-refractivity contribution in [3.8, 4) is 0 Å². The summed E-state index contributed by atoms with van der Waals surface area (Å²) in [5, 5.41) is 0. The van der Waals surface area contributed by atoms with Crippen LogP contribution >= 0.6 is 31.9 Å². The van der Waals surface area contributed by atoms with Crippen molar-refractivity contribution >= 4 is 37.8 Å². The third-order valence-corrected chi connectivity index (χ3v) is 5.66. The Morgan fingerprint density at radius 1 is 1.38 bits per heavy atom. The fourth-order valence-electron chi connectivity index (χ4n) is 2.36. The van der Waals surface area contributed by atoms with E-state index in [1.165, 1.54) is 12.1 Å². The molecule has 1 heterocycles. The van der Waals surface area contributed by atoms with Gasteiger partial charge in [-0.1, -0.05) is 38.8 Å². The molecule has 0 saturated carbocycles. The van der Waals surface area contributed by atoms with Gasteiger partial charge < -0.3 is 4.90 Å². The van der Waals surface area contributed by atoms with Crippen molar-refractivity contribution in [1.82, 2.24) is 4.90 Å². The van der Waals surface area contributed by atoms with Crippen LogP contribution in [-0.2, 0) is 6.18 Å². The molecule has 0 N–H and O–H groups in total. The molecular weight excluding hydrogens is 415 g/mol. The molecule has 116 valence electrons. The average molecular weight is 429 g/mol. The summed E-state index contributed by atoms with van der Waals surface area (Å²) in [7, 11) is 0. The van der Waals surface area contributed by atoms with Crippen LogP contribution in [0.1, 0.15) is 29.3 Å². The smallest absolute Gasteiger partial charge is 0.338 e. The summed E-state index contributed by atoms with van der Waals surface area (Å²) in [6.45, 7) is 3.12. The number of hydrogen-bond donors (Lipinski definition) is 0. The lowest BCUT2D eigenvalue weighted by Crippen LogP contribution is -2.43. The van der Waals surface area contributed by atoms with E-state index in [9.17, 15) is 18.0 Å². The van der Waals surface area contributed by atoms with Gasteiger partial charge in [0.05, 0.1) is 5.56 Å². The van der Waals surface area contributed by atoms with Gasteiger partial charge >= 0.3 is 6.18 Å². The van der Waals surface area contributed by atoms with Crippen molar-refractivity contribution in [3.63, 3.8) is 0 Å². The van der Waals surface area contributed by atoms with Gasteiger partial charge in [0.15, 0.2) is 0 Å². The van der Waals surface area contributed by atoms with Crippen molar-refractivity contribution in [3.05, 3.63) is 33.8 Å². The van der Waals surface area contributed by atoms with Crippen molar-refractivity contribution in [1.29, 1.82) is 0 Å². The number of carbonyl (C=O) groups is 1. The lowest BCUT2D eigenvalue weighted by atomic mass is 9.99. The molecule has 2 atom stereocenters. The van der Waals surface area contributed by atoms with E-state index >= 15 is 0 Å². The summed E-state index contributed by atoms with van der Waals surface area (Å²) < 4.78 is 38.6. The maximum atomic E-state index is 12.9. The van der Waals surface area contributed by atoms with E-state index in [0.29, 0.717) is 17.9 Å². The number of hydrogen-bond acceptors (Lipinski definition) is 1. The molecule has 1 saturated heterocycles. The molecule has 1 fully saturated rings. The van der Waals surface area contributed by atoms with Crippen LogP contribution in [-0.4, -0.2) is 28.7 Å². The van der Waals surface area contributed by atoms with E-state index in [2.05, 4.69) is 31.9 Å². The maximum absolute atomic E-state index is 12.9. The van der Waals surface area contributed by atoms with Crippen LogP contribution in [0.15, 0.2) is 22.7 Å². The molecule has 1 aliphatic heterocycles. The van der Waals surface area contributed by atoms with Crippen LogP contribution in [0.4, 0.5) is 13.2 Å². The highest BCUT2D eigenvalue weighted by molar-refractivity contribution is 9.10. The second-order valence-electron chi connectivity index (χ2n) is 5.23. The number of alkyl halides is 4.